The van der Waals surface area contributed by atoms with Gasteiger partial charge in [-0.25, -0.2) is 4.39 Å². The number of rotatable bonds is 4. The molecule has 0 spiro atoms. The van der Waals surface area contributed by atoms with E-state index in [0.29, 0.717) is 30.1 Å². The molecule has 0 bridgehead atoms. The van der Waals surface area contributed by atoms with E-state index in [1.807, 2.05) is 0 Å². The van der Waals surface area contributed by atoms with Gasteiger partial charge in [-0.3, -0.25) is 4.79 Å². The Morgan fingerprint density at radius 2 is 2.37 bits per heavy atom. The SMILES string of the molecule is O=c1[nH]c(CCNc2nc3cc(F)ccc3o2)cs1. The second-order valence-corrected chi connectivity index (χ2v) is 4.82. The van der Waals surface area contributed by atoms with Crippen LogP contribution in [0.5, 0.6) is 0 Å². The standard InChI is InChI=1S/C12H10FN3O2S/c13-7-1-2-10-9(5-7)16-11(18-10)14-4-3-8-6-19-12(17)15-8/h1-2,5-6H,3-4H2,(H,14,16)(H,15,17). The van der Waals surface area contributed by atoms with Crippen molar-refractivity contribution < 1.29 is 8.81 Å². The van der Waals surface area contributed by atoms with Crippen molar-refractivity contribution in [2.45, 2.75) is 6.42 Å². The molecule has 19 heavy (non-hydrogen) atoms. The lowest BCUT2D eigenvalue weighted by Crippen LogP contribution is -2.06. The minimum Gasteiger partial charge on any atom is -0.424 e. The number of nitrogens with zero attached hydrogens (tertiary/aromatic N) is 1. The number of nitrogens with one attached hydrogen (secondary N) is 2. The van der Waals surface area contributed by atoms with Crippen molar-refractivity contribution >= 4 is 28.5 Å². The van der Waals surface area contributed by atoms with Gasteiger partial charge in [0.15, 0.2) is 5.58 Å². The molecule has 0 saturated carbocycles. The Morgan fingerprint density at radius 3 is 3.16 bits per heavy atom. The summed E-state index contributed by atoms with van der Waals surface area (Å²) in [4.78, 5) is 17.7. The molecule has 2 aromatic heterocycles. The lowest BCUT2D eigenvalue weighted by molar-refractivity contribution is 0.610. The molecule has 0 unspecified atom stereocenters. The molecule has 98 valence electrons. The Labute approximate surface area is 111 Å². The van der Waals surface area contributed by atoms with Crippen LogP contribution in [0.15, 0.2) is 32.8 Å². The number of aromatic nitrogens is 2. The molecule has 3 rings (SSSR count). The highest BCUT2D eigenvalue weighted by Crippen LogP contribution is 2.19. The first kappa shape index (κ1) is 11.9. The maximum absolute atomic E-state index is 13.0. The summed E-state index contributed by atoms with van der Waals surface area (Å²) in [7, 11) is 0. The summed E-state index contributed by atoms with van der Waals surface area (Å²) < 4.78 is 18.4. The molecule has 2 N–H and O–H groups in total. The number of H-pyrrole nitrogens is 1. The first-order valence-corrected chi connectivity index (χ1v) is 6.55. The summed E-state index contributed by atoms with van der Waals surface area (Å²) in [5, 5.41) is 4.78. The third kappa shape index (κ3) is 2.65. The number of fused-ring (bicyclic) bond motifs is 1. The molecule has 0 aliphatic heterocycles. The van der Waals surface area contributed by atoms with Crippen molar-refractivity contribution in [3.63, 3.8) is 0 Å². The molecule has 1 aromatic carbocycles. The van der Waals surface area contributed by atoms with E-state index in [2.05, 4.69) is 15.3 Å². The molecule has 0 aliphatic carbocycles. The third-order valence-electron chi connectivity index (χ3n) is 2.59. The highest BCUT2D eigenvalue weighted by molar-refractivity contribution is 7.07. The summed E-state index contributed by atoms with van der Waals surface area (Å²) >= 11 is 1.14. The molecule has 5 nitrogen and oxygen atoms in total. The minimum atomic E-state index is -0.344. The van der Waals surface area contributed by atoms with Gasteiger partial charge in [0.25, 0.3) is 6.01 Å². The van der Waals surface area contributed by atoms with Gasteiger partial charge in [0.1, 0.15) is 11.3 Å². The molecule has 7 heteroatoms. The lowest BCUT2D eigenvalue weighted by atomic mass is 10.3. The molecule has 0 saturated heterocycles. The zero-order valence-electron chi connectivity index (χ0n) is 9.77. The number of thiazole rings is 1. The fourth-order valence-corrected chi connectivity index (χ4v) is 2.33. The molecule has 0 atom stereocenters. The van der Waals surface area contributed by atoms with Gasteiger partial charge in [0.05, 0.1) is 0 Å². The van der Waals surface area contributed by atoms with Gasteiger partial charge >= 0.3 is 4.87 Å². The van der Waals surface area contributed by atoms with E-state index in [1.54, 1.807) is 11.4 Å². The van der Waals surface area contributed by atoms with E-state index in [-0.39, 0.29) is 10.7 Å². The van der Waals surface area contributed by atoms with Gasteiger partial charge < -0.3 is 14.7 Å². The van der Waals surface area contributed by atoms with Crippen molar-refractivity contribution in [3.8, 4) is 0 Å². The van der Waals surface area contributed by atoms with E-state index in [1.165, 1.54) is 12.1 Å². The largest absolute Gasteiger partial charge is 0.424 e. The van der Waals surface area contributed by atoms with Gasteiger partial charge in [0.2, 0.25) is 0 Å². The monoisotopic (exact) mass is 279 g/mol. The normalized spacial score (nSPS) is 11.0. The fraction of sp³-hybridized carbons (Fsp3) is 0.167. The van der Waals surface area contributed by atoms with Crippen molar-refractivity contribution in [1.29, 1.82) is 0 Å². The van der Waals surface area contributed by atoms with Crippen LogP contribution < -0.4 is 10.2 Å². The highest BCUT2D eigenvalue weighted by atomic mass is 32.1. The van der Waals surface area contributed by atoms with Crippen LogP contribution in [0.2, 0.25) is 0 Å². The molecule has 0 fully saturated rings. The molecular formula is C12H10FN3O2S. The van der Waals surface area contributed by atoms with E-state index in [0.717, 1.165) is 17.0 Å². The Bertz CT molecular complexity index is 762. The summed E-state index contributed by atoms with van der Waals surface area (Å²) in [6, 6.07) is 4.53. The third-order valence-corrected chi connectivity index (χ3v) is 3.31. The summed E-state index contributed by atoms with van der Waals surface area (Å²) in [6.45, 7) is 0.571. The molecular weight excluding hydrogens is 269 g/mol. The number of benzene rings is 1. The van der Waals surface area contributed by atoms with Crippen molar-refractivity contribution in [2.24, 2.45) is 0 Å². The Morgan fingerprint density at radius 1 is 1.47 bits per heavy atom. The van der Waals surface area contributed by atoms with E-state index in [4.69, 9.17) is 4.42 Å². The average molecular weight is 279 g/mol. The number of halogens is 1. The van der Waals surface area contributed by atoms with Gasteiger partial charge in [-0.2, -0.15) is 4.98 Å². The van der Waals surface area contributed by atoms with Crippen molar-refractivity contribution in [2.75, 3.05) is 11.9 Å². The zero-order valence-corrected chi connectivity index (χ0v) is 10.6. The maximum Gasteiger partial charge on any atom is 0.304 e. The Hall–Kier alpha value is -2.15. The quantitative estimate of drug-likeness (QED) is 0.769. The highest BCUT2D eigenvalue weighted by Gasteiger charge is 2.06. The van der Waals surface area contributed by atoms with Crippen molar-refractivity contribution in [1.82, 2.24) is 9.97 Å². The molecule has 2 heterocycles. The summed E-state index contributed by atoms with van der Waals surface area (Å²) in [5.74, 6) is -0.344. The van der Waals surface area contributed by atoms with E-state index >= 15 is 0 Å². The second kappa shape index (κ2) is 4.85. The fourth-order valence-electron chi connectivity index (χ4n) is 1.72. The van der Waals surface area contributed by atoms with Crippen LogP contribution in [-0.2, 0) is 6.42 Å². The molecule has 0 amide bonds. The summed E-state index contributed by atoms with van der Waals surface area (Å²) in [6.07, 6.45) is 0.659. The lowest BCUT2D eigenvalue weighted by Gasteiger charge is -1.98. The number of anilines is 1. The average Bonchev–Trinajstić information content (AvgIpc) is 2.95. The van der Waals surface area contributed by atoms with Crippen LogP contribution in [0.25, 0.3) is 11.1 Å². The first-order chi connectivity index (χ1) is 9.20. The van der Waals surface area contributed by atoms with Crippen LogP contribution in [0.3, 0.4) is 0 Å². The summed E-state index contributed by atoms with van der Waals surface area (Å²) in [5.41, 5.74) is 1.88. The number of oxazole rings is 1. The molecule has 3 aromatic rings. The van der Waals surface area contributed by atoms with E-state index in [9.17, 15) is 9.18 Å². The van der Waals surface area contributed by atoms with Crippen LogP contribution in [0.4, 0.5) is 10.4 Å². The van der Waals surface area contributed by atoms with Crippen LogP contribution in [0, 0.1) is 5.82 Å². The number of hydrogen-bond donors (Lipinski definition) is 2. The Kier molecular flexibility index (Phi) is 3.04. The van der Waals surface area contributed by atoms with Crippen molar-refractivity contribution in [3.05, 3.63) is 44.8 Å². The number of aromatic amines is 1. The smallest absolute Gasteiger partial charge is 0.304 e. The first-order valence-electron chi connectivity index (χ1n) is 5.67. The van der Waals surface area contributed by atoms with Gasteiger partial charge in [-0.1, -0.05) is 11.3 Å². The molecule has 0 aliphatic rings. The topological polar surface area (TPSA) is 70.9 Å². The predicted octanol–water partition coefficient (Wildman–Crippen LogP) is 2.37. The van der Waals surface area contributed by atoms with Crippen LogP contribution in [0.1, 0.15) is 5.69 Å². The minimum absolute atomic E-state index is 0.0627. The van der Waals surface area contributed by atoms with E-state index < -0.39 is 0 Å². The second-order valence-electron chi connectivity index (χ2n) is 3.98. The van der Waals surface area contributed by atoms with Gasteiger partial charge in [0, 0.05) is 30.1 Å². The zero-order chi connectivity index (χ0) is 13.2. The molecule has 0 radical (unpaired) electrons. The Balaban J connectivity index is 1.66. The van der Waals surface area contributed by atoms with Crippen LogP contribution in [-0.4, -0.2) is 16.5 Å². The van der Waals surface area contributed by atoms with Gasteiger partial charge in [-0.15, -0.1) is 0 Å². The van der Waals surface area contributed by atoms with Crippen LogP contribution >= 0.6 is 11.3 Å². The number of hydrogen-bond acceptors (Lipinski definition) is 5. The predicted molar refractivity (Wildman–Crippen MR) is 71.1 cm³/mol. The maximum atomic E-state index is 13.0. The van der Waals surface area contributed by atoms with Gasteiger partial charge in [-0.05, 0) is 12.1 Å².